The minimum Gasteiger partial charge on any atom is -0.480 e. The van der Waals surface area contributed by atoms with Gasteiger partial charge in [0.25, 0.3) is 0 Å². The van der Waals surface area contributed by atoms with Gasteiger partial charge in [-0.1, -0.05) is 12.1 Å². The van der Waals surface area contributed by atoms with Gasteiger partial charge >= 0.3 is 5.97 Å². The van der Waals surface area contributed by atoms with Crippen LogP contribution in [0.15, 0.2) is 24.3 Å². The summed E-state index contributed by atoms with van der Waals surface area (Å²) in [6, 6.07) is 4.29. The maximum Gasteiger partial charge on any atom is 0.326 e. The fourth-order valence-corrected chi connectivity index (χ4v) is 1.12. The number of nitrogen functional groups attached to an aromatic ring is 1. The molecular formula is C9H10F2N2O2. The van der Waals surface area contributed by atoms with Gasteiger partial charge in [0.15, 0.2) is 6.04 Å². The maximum atomic E-state index is 12.1. The summed E-state index contributed by atoms with van der Waals surface area (Å²) in [5.41, 5.74) is 6.40. The van der Waals surface area contributed by atoms with Crippen LogP contribution in [0.4, 0.5) is 14.6 Å². The van der Waals surface area contributed by atoms with Crippen molar-refractivity contribution in [3.8, 4) is 0 Å². The van der Waals surface area contributed by atoms with Crippen LogP contribution in [-0.4, -0.2) is 22.5 Å². The summed E-state index contributed by atoms with van der Waals surface area (Å²) in [7, 11) is 0. The monoisotopic (exact) mass is 216 g/mol. The number of aliphatic carboxylic acids is 1. The number of anilines is 1. The summed E-state index contributed by atoms with van der Waals surface area (Å²) in [6.45, 7) is 0. The number of hydrogen-bond donors (Lipinski definition) is 2. The molecule has 0 heterocycles. The van der Waals surface area contributed by atoms with Gasteiger partial charge < -0.3 is 10.8 Å². The van der Waals surface area contributed by atoms with Crippen molar-refractivity contribution in [2.24, 2.45) is 0 Å². The summed E-state index contributed by atoms with van der Waals surface area (Å²) in [5.74, 6) is -1.56. The molecule has 0 saturated carbocycles. The van der Waals surface area contributed by atoms with E-state index in [-0.39, 0.29) is 6.42 Å². The number of benzene rings is 1. The van der Waals surface area contributed by atoms with E-state index < -0.39 is 17.4 Å². The third kappa shape index (κ3) is 3.17. The molecule has 1 aromatic carbocycles. The molecule has 0 spiro atoms. The summed E-state index contributed by atoms with van der Waals surface area (Å²) >= 11 is 0. The lowest BCUT2D eigenvalue weighted by Crippen LogP contribution is -2.32. The highest BCUT2D eigenvalue weighted by Crippen LogP contribution is 2.12. The van der Waals surface area contributed by atoms with Crippen LogP contribution in [-0.2, 0) is 11.2 Å². The van der Waals surface area contributed by atoms with Crippen molar-refractivity contribution in [2.75, 3.05) is 5.73 Å². The van der Waals surface area contributed by atoms with Crippen LogP contribution in [0, 0.1) is 0 Å². The predicted octanol–water partition coefficient (Wildman–Crippen LogP) is 1.34. The van der Waals surface area contributed by atoms with E-state index in [2.05, 4.69) is 0 Å². The lowest BCUT2D eigenvalue weighted by Gasteiger charge is -2.11. The molecule has 0 amide bonds. The number of halogens is 2. The van der Waals surface area contributed by atoms with Gasteiger partial charge in [-0.05, 0) is 17.7 Å². The first-order chi connectivity index (χ1) is 7.00. The second kappa shape index (κ2) is 4.70. The number of carboxylic acids is 1. The van der Waals surface area contributed by atoms with E-state index in [1.807, 2.05) is 0 Å². The van der Waals surface area contributed by atoms with Crippen molar-refractivity contribution in [3.05, 3.63) is 29.8 Å². The predicted molar refractivity (Wildman–Crippen MR) is 50.0 cm³/mol. The van der Waals surface area contributed by atoms with E-state index in [9.17, 15) is 13.8 Å². The standard InChI is InChI=1S/C9H10F2N2O2/c10-13(11)8(9(14)15)5-6-1-3-7(12)4-2-6/h1-4,8H,5,12H2,(H,14,15)/t8-/m0/s1. The summed E-state index contributed by atoms with van der Waals surface area (Å²) in [6.07, 6.45) is -0.261. The number of carboxylic acid groups (broad SMARTS) is 1. The second-order valence-electron chi connectivity index (χ2n) is 3.06. The van der Waals surface area contributed by atoms with Gasteiger partial charge in [0, 0.05) is 17.5 Å². The molecule has 0 bridgehead atoms. The minimum absolute atomic E-state index is 0.261. The molecule has 1 atom stereocenters. The zero-order valence-electron chi connectivity index (χ0n) is 7.73. The van der Waals surface area contributed by atoms with Gasteiger partial charge in [0.05, 0.1) is 0 Å². The highest BCUT2D eigenvalue weighted by molar-refractivity contribution is 5.73. The summed E-state index contributed by atoms with van der Waals surface area (Å²) in [4.78, 5) is 10.5. The molecular weight excluding hydrogens is 206 g/mol. The van der Waals surface area contributed by atoms with Crippen LogP contribution in [0.2, 0.25) is 0 Å². The van der Waals surface area contributed by atoms with Crippen molar-refractivity contribution in [2.45, 2.75) is 12.5 Å². The van der Waals surface area contributed by atoms with Gasteiger partial charge in [-0.15, -0.1) is 8.96 Å². The topological polar surface area (TPSA) is 66.6 Å². The van der Waals surface area contributed by atoms with E-state index >= 15 is 0 Å². The zero-order valence-corrected chi connectivity index (χ0v) is 7.73. The van der Waals surface area contributed by atoms with Crippen molar-refractivity contribution < 1.29 is 18.9 Å². The number of nitrogens with two attached hydrogens (primary N) is 1. The van der Waals surface area contributed by atoms with Gasteiger partial charge in [-0.2, -0.15) is 0 Å². The molecule has 0 unspecified atom stereocenters. The lowest BCUT2D eigenvalue weighted by molar-refractivity contribution is -0.200. The Morgan fingerprint density at radius 1 is 1.40 bits per heavy atom. The first-order valence-electron chi connectivity index (χ1n) is 4.18. The first kappa shape index (κ1) is 11.4. The van der Waals surface area contributed by atoms with Gasteiger partial charge in [-0.3, -0.25) is 4.79 Å². The van der Waals surface area contributed by atoms with Crippen LogP contribution in [0.25, 0.3) is 0 Å². The molecule has 1 aromatic rings. The molecule has 0 aliphatic heterocycles. The summed E-state index contributed by atoms with van der Waals surface area (Å²) < 4.78 is 24.3. The Labute approximate surface area is 84.8 Å². The van der Waals surface area contributed by atoms with Crippen molar-refractivity contribution in [1.29, 1.82) is 0 Å². The fraction of sp³-hybridized carbons (Fsp3) is 0.222. The molecule has 0 fully saturated rings. The molecule has 3 N–H and O–H groups in total. The average molecular weight is 216 g/mol. The van der Waals surface area contributed by atoms with E-state index in [1.165, 1.54) is 24.3 Å². The Morgan fingerprint density at radius 3 is 2.33 bits per heavy atom. The third-order valence-corrected chi connectivity index (χ3v) is 1.93. The lowest BCUT2D eigenvalue weighted by atomic mass is 10.1. The second-order valence-corrected chi connectivity index (χ2v) is 3.06. The largest absolute Gasteiger partial charge is 0.480 e. The Hall–Kier alpha value is -1.69. The van der Waals surface area contributed by atoms with E-state index in [4.69, 9.17) is 10.8 Å². The van der Waals surface area contributed by atoms with Crippen LogP contribution >= 0.6 is 0 Å². The molecule has 0 aromatic heterocycles. The van der Waals surface area contributed by atoms with Crippen molar-refractivity contribution >= 4 is 11.7 Å². The van der Waals surface area contributed by atoms with Crippen LogP contribution < -0.4 is 5.73 Å². The van der Waals surface area contributed by atoms with Crippen LogP contribution in [0.3, 0.4) is 0 Å². The Balaban J connectivity index is 2.74. The molecule has 0 radical (unpaired) electrons. The Bertz CT molecular complexity index is 340. The Kier molecular flexibility index (Phi) is 3.56. The van der Waals surface area contributed by atoms with E-state index in [0.29, 0.717) is 11.3 Å². The third-order valence-electron chi connectivity index (χ3n) is 1.93. The molecule has 0 saturated heterocycles. The molecule has 82 valence electrons. The van der Waals surface area contributed by atoms with Crippen molar-refractivity contribution in [3.63, 3.8) is 0 Å². The number of carbonyl (C=O) groups is 1. The highest BCUT2D eigenvalue weighted by Gasteiger charge is 2.26. The quantitative estimate of drug-likeness (QED) is 0.588. The first-order valence-corrected chi connectivity index (χ1v) is 4.18. The Morgan fingerprint density at radius 2 is 1.93 bits per heavy atom. The molecule has 0 aliphatic carbocycles. The minimum atomic E-state index is -1.83. The number of nitrogens with zero attached hydrogens (tertiary/aromatic N) is 1. The molecule has 0 aliphatic rings. The van der Waals surface area contributed by atoms with Crippen LogP contribution in [0.5, 0.6) is 0 Å². The number of rotatable bonds is 4. The molecule has 15 heavy (non-hydrogen) atoms. The van der Waals surface area contributed by atoms with E-state index in [0.717, 1.165) is 0 Å². The van der Waals surface area contributed by atoms with Crippen molar-refractivity contribution in [1.82, 2.24) is 5.34 Å². The summed E-state index contributed by atoms with van der Waals surface area (Å²) in [5, 5.41) is 7.21. The molecule has 6 heteroatoms. The SMILES string of the molecule is Nc1ccc(C[C@@H](C(=O)O)N(F)F)cc1. The average Bonchev–Trinajstić information content (AvgIpc) is 2.15. The fourth-order valence-electron chi connectivity index (χ4n) is 1.12. The molecule has 1 rings (SSSR count). The van der Waals surface area contributed by atoms with Crippen LogP contribution in [0.1, 0.15) is 5.56 Å². The van der Waals surface area contributed by atoms with Gasteiger partial charge in [0.2, 0.25) is 0 Å². The van der Waals surface area contributed by atoms with Gasteiger partial charge in [0.1, 0.15) is 0 Å². The normalized spacial score (nSPS) is 12.7. The zero-order chi connectivity index (χ0) is 11.4. The molecule has 4 nitrogen and oxygen atoms in total. The number of hydrogen-bond acceptors (Lipinski definition) is 3. The van der Waals surface area contributed by atoms with Gasteiger partial charge in [-0.25, -0.2) is 0 Å². The highest BCUT2D eigenvalue weighted by atomic mass is 19.4. The van der Waals surface area contributed by atoms with E-state index in [1.54, 1.807) is 0 Å². The maximum absolute atomic E-state index is 12.1. The smallest absolute Gasteiger partial charge is 0.326 e.